The van der Waals surface area contributed by atoms with Crippen molar-refractivity contribution >= 4 is 51.1 Å². The van der Waals surface area contributed by atoms with Crippen molar-refractivity contribution in [1.82, 2.24) is 0 Å². The molecule has 2 heterocycles. The van der Waals surface area contributed by atoms with Crippen molar-refractivity contribution in [3.05, 3.63) is 91.3 Å². The van der Waals surface area contributed by atoms with Crippen molar-refractivity contribution in [2.24, 2.45) is 0 Å². The first-order valence-corrected chi connectivity index (χ1v) is 11.3. The smallest absolute Gasteiger partial charge is 0.163 e. The van der Waals surface area contributed by atoms with Gasteiger partial charge in [-0.1, -0.05) is 30.3 Å². The molecule has 5 rings (SSSR count). The highest BCUT2D eigenvalue weighted by atomic mass is 127. The van der Waals surface area contributed by atoms with Crippen molar-refractivity contribution in [2.45, 2.75) is 24.8 Å². The van der Waals surface area contributed by atoms with Crippen LogP contribution in [-0.2, 0) is 4.79 Å². The molecule has 1 aliphatic heterocycles. The molecule has 0 saturated heterocycles. The number of carbonyl (C=O) groups is 1. The van der Waals surface area contributed by atoms with Crippen LogP contribution >= 0.6 is 33.9 Å². The minimum Gasteiger partial charge on any atom is -0.372 e. The summed E-state index contributed by atoms with van der Waals surface area (Å²) < 4.78 is 1.17. The van der Waals surface area contributed by atoms with Crippen LogP contribution < -0.4 is 10.6 Å². The average molecular weight is 498 g/mol. The number of allylic oxidation sites excluding steroid dienone is 1. The molecule has 1 aliphatic carbocycles. The molecule has 0 unspecified atom stereocenters. The van der Waals surface area contributed by atoms with Crippen LogP contribution in [0.1, 0.15) is 35.2 Å². The maximum absolute atomic E-state index is 13.4. The van der Waals surface area contributed by atoms with Crippen LogP contribution in [0.5, 0.6) is 0 Å². The van der Waals surface area contributed by atoms with E-state index in [1.807, 2.05) is 12.1 Å². The van der Waals surface area contributed by atoms with Crippen molar-refractivity contribution in [1.29, 1.82) is 0 Å². The number of ketones is 1. The number of benzene rings is 2. The van der Waals surface area contributed by atoms with Crippen LogP contribution in [0, 0.1) is 3.57 Å². The lowest BCUT2D eigenvalue weighted by atomic mass is 9.81. The first-order chi connectivity index (χ1) is 13.7. The van der Waals surface area contributed by atoms with E-state index in [9.17, 15) is 4.79 Å². The van der Waals surface area contributed by atoms with Crippen LogP contribution in [0.4, 0.5) is 11.4 Å². The Hall–Kier alpha value is -2.12. The van der Waals surface area contributed by atoms with E-state index in [2.05, 4.69) is 87.1 Å². The first kappa shape index (κ1) is 17.9. The molecule has 2 atom stereocenters. The number of nitrogens with one attached hydrogen (secondary N) is 2. The zero-order valence-electron chi connectivity index (χ0n) is 15.1. The molecule has 0 radical (unpaired) electrons. The molecule has 5 heteroatoms. The number of halogens is 1. The lowest BCUT2D eigenvalue weighted by molar-refractivity contribution is -0.116. The molecule has 140 valence electrons. The van der Waals surface area contributed by atoms with E-state index < -0.39 is 0 Å². The second-order valence-corrected chi connectivity index (χ2v) is 9.46. The van der Waals surface area contributed by atoms with E-state index in [-0.39, 0.29) is 17.7 Å². The minimum absolute atomic E-state index is 0.141. The molecule has 28 heavy (non-hydrogen) atoms. The summed E-state index contributed by atoms with van der Waals surface area (Å²) in [6.07, 6.45) is 1.43. The van der Waals surface area contributed by atoms with Gasteiger partial charge in [-0.15, -0.1) is 11.3 Å². The van der Waals surface area contributed by atoms with Crippen LogP contribution in [0.2, 0.25) is 0 Å². The molecule has 0 amide bonds. The van der Waals surface area contributed by atoms with Gasteiger partial charge in [0, 0.05) is 32.1 Å². The third-order valence-corrected chi connectivity index (χ3v) is 7.14. The fourth-order valence-corrected chi connectivity index (χ4v) is 5.55. The van der Waals surface area contributed by atoms with Gasteiger partial charge in [-0.25, -0.2) is 0 Å². The standard InChI is InChI=1S/C23H19IN2OS/c24-16-6-3-5-14(11-16)23-22-19(25-17-7-1-2-8-18(17)26-23)12-15(13-20(22)27)21-9-4-10-28-21/h1-11,15,23,25-26H,12-13H2/t15-,23+/m1/s1. The summed E-state index contributed by atoms with van der Waals surface area (Å²) in [6, 6.07) is 20.7. The van der Waals surface area contributed by atoms with Gasteiger partial charge in [-0.2, -0.15) is 0 Å². The van der Waals surface area contributed by atoms with E-state index in [0.29, 0.717) is 6.42 Å². The SMILES string of the molecule is O=C1C[C@H](c2cccs2)CC2=C1[C@H](c1cccc(I)c1)Nc1ccccc1N2. The maximum atomic E-state index is 13.4. The van der Waals surface area contributed by atoms with Gasteiger partial charge in [-0.3, -0.25) is 4.79 Å². The third kappa shape index (κ3) is 3.26. The lowest BCUT2D eigenvalue weighted by Crippen LogP contribution is -2.26. The Morgan fingerprint density at radius 2 is 1.82 bits per heavy atom. The largest absolute Gasteiger partial charge is 0.372 e. The highest BCUT2D eigenvalue weighted by Gasteiger charge is 2.36. The molecule has 1 aromatic heterocycles. The van der Waals surface area contributed by atoms with Crippen LogP contribution in [0.3, 0.4) is 0 Å². The Balaban J connectivity index is 1.64. The molecule has 2 N–H and O–H groups in total. The van der Waals surface area contributed by atoms with E-state index in [1.54, 1.807) is 11.3 Å². The minimum atomic E-state index is -0.141. The van der Waals surface area contributed by atoms with Crippen molar-refractivity contribution < 1.29 is 4.79 Å². The maximum Gasteiger partial charge on any atom is 0.163 e. The molecule has 0 fully saturated rings. The summed E-state index contributed by atoms with van der Waals surface area (Å²) in [6.45, 7) is 0. The Morgan fingerprint density at radius 1 is 0.964 bits per heavy atom. The molecule has 0 bridgehead atoms. The quantitative estimate of drug-likeness (QED) is 0.406. The van der Waals surface area contributed by atoms with E-state index >= 15 is 0 Å². The van der Waals surface area contributed by atoms with Gasteiger partial charge < -0.3 is 10.6 Å². The number of rotatable bonds is 2. The summed E-state index contributed by atoms with van der Waals surface area (Å²) in [4.78, 5) is 14.7. The number of fused-ring (bicyclic) bond motifs is 1. The number of para-hydroxylation sites is 2. The van der Waals surface area contributed by atoms with E-state index in [4.69, 9.17) is 0 Å². The Labute approximate surface area is 182 Å². The number of hydrogen-bond donors (Lipinski definition) is 2. The highest BCUT2D eigenvalue weighted by Crippen LogP contribution is 2.44. The number of hydrogen-bond acceptors (Lipinski definition) is 4. The molecule has 2 aliphatic rings. The average Bonchev–Trinajstić information content (AvgIpc) is 3.17. The van der Waals surface area contributed by atoms with Gasteiger partial charge in [0.1, 0.15) is 0 Å². The second-order valence-electron chi connectivity index (χ2n) is 7.24. The van der Waals surface area contributed by atoms with Gasteiger partial charge in [0.25, 0.3) is 0 Å². The topological polar surface area (TPSA) is 41.1 Å². The normalized spacial score (nSPS) is 21.2. The molecule has 2 aromatic carbocycles. The summed E-state index contributed by atoms with van der Waals surface area (Å²) in [7, 11) is 0. The van der Waals surface area contributed by atoms with Gasteiger partial charge in [0.2, 0.25) is 0 Å². The lowest BCUT2D eigenvalue weighted by Gasteiger charge is -2.29. The number of Topliss-reactive ketones (excluding diaryl/α,β-unsaturated/α-hetero) is 1. The van der Waals surface area contributed by atoms with Gasteiger partial charge in [0.05, 0.1) is 17.4 Å². The Morgan fingerprint density at radius 3 is 2.61 bits per heavy atom. The second kappa shape index (κ2) is 7.37. The Bertz CT molecular complexity index is 1070. The monoisotopic (exact) mass is 498 g/mol. The molecule has 0 saturated carbocycles. The summed E-state index contributed by atoms with van der Waals surface area (Å²) in [5.41, 5.74) is 5.12. The van der Waals surface area contributed by atoms with Gasteiger partial charge in [0.15, 0.2) is 5.78 Å². The van der Waals surface area contributed by atoms with Crippen LogP contribution in [-0.4, -0.2) is 5.78 Å². The van der Waals surface area contributed by atoms with Crippen molar-refractivity contribution in [3.63, 3.8) is 0 Å². The first-order valence-electron chi connectivity index (χ1n) is 9.37. The zero-order chi connectivity index (χ0) is 19.1. The zero-order valence-corrected chi connectivity index (χ0v) is 18.1. The van der Waals surface area contributed by atoms with Crippen LogP contribution in [0.25, 0.3) is 0 Å². The van der Waals surface area contributed by atoms with Crippen molar-refractivity contribution in [2.75, 3.05) is 10.6 Å². The Kier molecular flexibility index (Phi) is 4.72. The third-order valence-electron chi connectivity index (χ3n) is 5.44. The highest BCUT2D eigenvalue weighted by molar-refractivity contribution is 14.1. The van der Waals surface area contributed by atoms with E-state index in [0.717, 1.165) is 34.6 Å². The number of thiophene rings is 1. The molecular weight excluding hydrogens is 479 g/mol. The predicted octanol–water partition coefficient (Wildman–Crippen LogP) is 6.33. The number of carbonyl (C=O) groups excluding carboxylic acids is 1. The van der Waals surface area contributed by atoms with Gasteiger partial charge in [-0.05, 0) is 70.3 Å². The summed E-state index contributed by atoms with van der Waals surface area (Å²) in [5, 5.41) is 9.33. The molecule has 3 nitrogen and oxygen atoms in total. The predicted molar refractivity (Wildman–Crippen MR) is 124 cm³/mol. The summed E-state index contributed by atoms with van der Waals surface area (Å²) in [5.74, 6) is 0.483. The number of anilines is 2. The van der Waals surface area contributed by atoms with E-state index in [1.165, 1.54) is 8.45 Å². The summed E-state index contributed by atoms with van der Waals surface area (Å²) >= 11 is 4.07. The fraction of sp³-hybridized carbons (Fsp3) is 0.174. The van der Waals surface area contributed by atoms with Crippen molar-refractivity contribution in [3.8, 4) is 0 Å². The molecule has 3 aromatic rings. The van der Waals surface area contributed by atoms with Gasteiger partial charge >= 0.3 is 0 Å². The fourth-order valence-electron chi connectivity index (χ4n) is 4.15. The molecular formula is C23H19IN2OS. The van der Waals surface area contributed by atoms with Crippen LogP contribution in [0.15, 0.2) is 77.3 Å². The molecule has 0 spiro atoms.